The van der Waals surface area contributed by atoms with E-state index in [2.05, 4.69) is 20.2 Å². The van der Waals surface area contributed by atoms with E-state index < -0.39 is 6.10 Å². The second kappa shape index (κ2) is 12.6. The second-order valence-electron chi connectivity index (χ2n) is 8.27. The van der Waals surface area contributed by atoms with Gasteiger partial charge in [0.1, 0.15) is 12.7 Å². The monoisotopic (exact) mass is 428 g/mol. The van der Waals surface area contributed by atoms with Crippen LogP contribution in [-0.4, -0.2) is 59.4 Å². The van der Waals surface area contributed by atoms with Crippen molar-refractivity contribution in [3.63, 3.8) is 0 Å². The van der Waals surface area contributed by atoms with E-state index in [1.807, 2.05) is 25.1 Å². The van der Waals surface area contributed by atoms with E-state index in [-0.39, 0.29) is 6.61 Å². The van der Waals surface area contributed by atoms with Crippen LogP contribution in [0.4, 0.5) is 0 Å². The third kappa shape index (κ3) is 8.09. The minimum Gasteiger partial charge on any atom is -0.493 e. The molecule has 1 fully saturated rings. The van der Waals surface area contributed by atoms with E-state index in [1.165, 1.54) is 32.1 Å². The van der Waals surface area contributed by atoms with Gasteiger partial charge < -0.3 is 24.8 Å². The average Bonchev–Trinajstić information content (AvgIpc) is 2.76. The first-order valence-electron chi connectivity index (χ1n) is 11.3. The summed E-state index contributed by atoms with van der Waals surface area (Å²) in [7, 11) is 1.64. The van der Waals surface area contributed by atoms with Crippen molar-refractivity contribution in [2.45, 2.75) is 58.2 Å². The van der Waals surface area contributed by atoms with Crippen molar-refractivity contribution in [2.24, 2.45) is 0 Å². The van der Waals surface area contributed by atoms with E-state index in [9.17, 15) is 5.11 Å². The van der Waals surface area contributed by atoms with Gasteiger partial charge in [-0.05, 0) is 50.6 Å². The summed E-state index contributed by atoms with van der Waals surface area (Å²) in [6.45, 7) is 6.31. The Kier molecular flexibility index (Phi) is 9.52. The molecule has 0 amide bonds. The van der Waals surface area contributed by atoms with Gasteiger partial charge in [0, 0.05) is 32.0 Å². The summed E-state index contributed by atoms with van der Waals surface area (Å²) in [5, 5.41) is 13.8. The fourth-order valence-corrected chi connectivity index (χ4v) is 3.82. The number of aromatic nitrogens is 2. The molecular formula is C24H36N4O3. The number of aryl methyl sites for hydroxylation is 1. The molecule has 2 N–H and O–H groups in total. The third-order valence-electron chi connectivity index (χ3n) is 5.55. The highest BCUT2D eigenvalue weighted by Gasteiger charge is 2.15. The molecule has 1 saturated heterocycles. The quantitative estimate of drug-likeness (QED) is 0.602. The van der Waals surface area contributed by atoms with Crippen LogP contribution in [0.3, 0.4) is 0 Å². The number of hydrogen-bond donors (Lipinski definition) is 2. The SMILES string of the molecule is COc1cc(CNCc2cnc(C)cn2)ccc1OC[C@@H](O)CN1CCCCCCC1. The molecule has 0 unspecified atom stereocenters. The zero-order valence-corrected chi connectivity index (χ0v) is 18.8. The van der Waals surface area contributed by atoms with Crippen molar-refractivity contribution in [2.75, 3.05) is 33.4 Å². The molecule has 0 bridgehead atoms. The fourth-order valence-electron chi connectivity index (χ4n) is 3.82. The summed E-state index contributed by atoms with van der Waals surface area (Å²) in [6, 6.07) is 5.88. The van der Waals surface area contributed by atoms with Gasteiger partial charge in [-0.1, -0.05) is 25.3 Å². The van der Waals surface area contributed by atoms with Crippen LogP contribution in [0.15, 0.2) is 30.6 Å². The first-order valence-corrected chi connectivity index (χ1v) is 11.3. The van der Waals surface area contributed by atoms with Gasteiger partial charge in [-0.25, -0.2) is 0 Å². The summed E-state index contributed by atoms with van der Waals surface area (Å²) in [6.07, 6.45) is 9.40. The Bertz CT molecular complexity index is 777. The molecule has 3 rings (SSSR count). The predicted octanol–water partition coefficient (Wildman–Crippen LogP) is 3.09. The number of aliphatic hydroxyl groups excluding tert-OH is 1. The number of methoxy groups -OCH3 is 1. The molecule has 1 atom stereocenters. The maximum absolute atomic E-state index is 10.5. The Labute approximate surface area is 185 Å². The number of rotatable bonds is 10. The summed E-state index contributed by atoms with van der Waals surface area (Å²) >= 11 is 0. The number of aliphatic hydroxyl groups is 1. The molecule has 7 heteroatoms. The summed E-state index contributed by atoms with van der Waals surface area (Å²) in [5.74, 6) is 1.33. The van der Waals surface area contributed by atoms with Crippen molar-refractivity contribution in [1.29, 1.82) is 0 Å². The van der Waals surface area contributed by atoms with E-state index >= 15 is 0 Å². The topological polar surface area (TPSA) is 79.7 Å². The van der Waals surface area contributed by atoms with E-state index in [0.29, 0.717) is 31.1 Å². The van der Waals surface area contributed by atoms with Crippen molar-refractivity contribution < 1.29 is 14.6 Å². The van der Waals surface area contributed by atoms with Crippen molar-refractivity contribution in [3.8, 4) is 11.5 Å². The van der Waals surface area contributed by atoms with Crippen LogP contribution >= 0.6 is 0 Å². The third-order valence-corrected chi connectivity index (χ3v) is 5.55. The van der Waals surface area contributed by atoms with Gasteiger partial charge in [0.25, 0.3) is 0 Å². The normalized spacial score (nSPS) is 16.4. The smallest absolute Gasteiger partial charge is 0.161 e. The molecule has 1 aromatic heterocycles. The van der Waals surface area contributed by atoms with Crippen molar-refractivity contribution >= 4 is 0 Å². The number of nitrogens with zero attached hydrogens (tertiary/aromatic N) is 3. The number of β-amino-alcohol motifs (C(OH)–C–C–N with tert-alkyl or cyclic N) is 1. The molecule has 0 spiro atoms. The molecule has 0 radical (unpaired) electrons. The van der Waals surface area contributed by atoms with Gasteiger partial charge in [0.2, 0.25) is 0 Å². The van der Waals surface area contributed by atoms with Crippen LogP contribution < -0.4 is 14.8 Å². The summed E-state index contributed by atoms with van der Waals surface area (Å²) < 4.78 is 11.4. The van der Waals surface area contributed by atoms with Crippen LogP contribution in [-0.2, 0) is 13.1 Å². The predicted molar refractivity (Wildman–Crippen MR) is 121 cm³/mol. The second-order valence-corrected chi connectivity index (χ2v) is 8.27. The van der Waals surface area contributed by atoms with E-state index in [4.69, 9.17) is 9.47 Å². The molecule has 1 aromatic carbocycles. The maximum Gasteiger partial charge on any atom is 0.161 e. The average molecular weight is 429 g/mol. The number of hydrogen-bond acceptors (Lipinski definition) is 7. The molecule has 0 aliphatic carbocycles. The van der Waals surface area contributed by atoms with Crippen LogP contribution in [0.5, 0.6) is 11.5 Å². The lowest BCUT2D eigenvalue weighted by Gasteiger charge is -2.26. The minimum absolute atomic E-state index is 0.260. The molecule has 0 saturated carbocycles. The molecule has 1 aliphatic rings. The van der Waals surface area contributed by atoms with Crippen LogP contribution in [0.2, 0.25) is 0 Å². The molecular weight excluding hydrogens is 392 g/mol. The summed E-state index contributed by atoms with van der Waals surface area (Å²) in [5.41, 5.74) is 2.91. The van der Waals surface area contributed by atoms with Crippen LogP contribution in [0.1, 0.15) is 49.1 Å². The highest BCUT2D eigenvalue weighted by molar-refractivity contribution is 5.43. The van der Waals surface area contributed by atoms with Crippen LogP contribution in [0.25, 0.3) is 0 Å². The molecule has 31 heavy (non-hydrogen) atoms. The first-order chi connectivity index (χ1) is 15.1. The van der Waals surface area contributed by atoms with E-state index in [0.717, 1.165) is 30.0 Å². The Morgan fingerprint density at radius 1 is 1.03 bits per heavy atom. The number of benzene rings is 1. The number of likely N-dealkylation sites (tertiary alicyclic amines) is 1. The van der Waals surface area contributed by atoms with Gasteiger partial charge in [-0.2, -0.15) is 0 Å². The highest BCUT2D eigenvalue weighted by atomic mass is 16.5. The highest BCUT2D eigenvalue weighted by Crippen LogP contribution is 2.28. The lowest BCUT2D eigenvalue weighted by atomic mass is 10.1. The Hall–Kier alpha value is -2.22. The number of nitrogens with one attached hydrogen (secondary N) is 1. The van der Waals surface area contributed by atoms with Gasteiger partial charge in [0.15, 0.2) is 11.5 Å². The zero-order valence-electron chi connectivity index (χ0n) is 18.8. The van der Waals surface area contributed by atoms with Gasteiger partial charge >= 0.3 is 0 Å². The number of ether oxygens (including phenoxy) is 2. The van der Waals surface area contributed by atoms with E-state index in [1.54, 1.807) is 19.5 Å². The van der Waals surface area contributed by atoms with Crippen molar-refractivity contribution in [3.05, 3.63) is 47.5 Å². The minimum atomic E-state index is -0.513. The van der Waals surface area contributed by atoms with Crippen LogP contribution in [0, 0.1) is 6.92 Å². The Morgan fingerprint density at radius 3 is 2.52 bits per heavy atom. The fraction of sp³-hybridized carbons (Fsp3) is 0.583. The molecule has 2 heterocycles. The first kappa shape index (κ1) is 23.4. The molecule has 7 nitrogen and oxygen atoms in total. The zero-order chi connectivity index (χ0) is 21.9. The lowest BCUT2D eigenvalue weighted by molar-refractivity contribution is 0.0645. The molecule has 1 aliphatic heterocycles. The standard InChI is InChI=1S/C24H36N4O3/c1-19-13-27-21(16-26-19)15-25-14-20-8-9-23(24(12-20)30-2)31-18-22(29)17-28-10-6-4-3-5-7-11-28/h8-9,12-13,16,22,25,29H,3-7,10-11,14-15,17-18H2,1-2H3/t22-/m0/s1. The molecule has 170 valence electrons. The summed E-state index contributed by atoms with van der Waals surface area (Å²) in [4.78, 5) is 11.0. The maximum atomic E-state index is 10.5. The molecule has 2 aromatic rings. The Balaban J connectivity index is 1.45. The van der Waals surface area contributed by atoms with Gasteiger partial charge in [0.05, 0.1) is 18.5 Å². The lowest BCUT2D eigenvalue weighted by Crippen LogP contribution is -2.37. The largest absolute Gasteiger partial charge is 0.493 e. The Morgan fingerprint density at radius 2 is 1.81 bits per heavy atom. The van der Waals surface area contributed by atoms with Crippen molar-refractivity contribution in [1.82, 2.24) is 20.2 Å². The van der Waals surface area contributed by atoms with Gasteiger partial charge in [-0.3, -0.25) is 9.97 Å². The van der Waals surface area contributed by atoms with Gasteiger partial charge in [-0.15, -0.1) is 0 Å².